The van der Waals surface area contributed by atoms with Crippen LogP contribution < -0.4 is 4.72 Å². The van der Waals surface area contributed by atoms with Crippen LogP contribution in [0, 0.1) is 13.8 Å². The highest BCUT2D eigenvalue weighted by molar-refractivity contribution is 7.88. The van der Waals surface area contributed by atoms with E-state index in [2.05, 4.69) is 9.82 Å². The van der Waals surface area contributed by atoms with E-state index in [0.29, 0.717) is 6.54 Å². The second-order valence-corrected chi connectivity index (χ2v) is 5.20. The number of nitrogens with zero attached hydrogens (tertiary/aromatic N) is 2. The van der Waals surface area contributed by atoms with E-state index in [-0.39, 0.29) is 0 Å². The summed E-state index contributed by atoms with van der Waals surface area (Å²) in [5.41, 5.74) is 2.79. The van der Waals surface area contributed by atoms with Gasteiger partial charge >= 0.3 is 0 Å². The van der Waals surface area contributed by atoms with Gasteiger partial charge in [0.05, 0.1) is 11.9 Å². The predicted molar refractivity (Wildman–Crippen MR) is 54.4 cm³/mol. The third-order valence-electron chi connectivity index (χ3n) is 2.17. The van der Waals surface area contributed by atoms with E-state index in [0.717, 1.165) is 23.2 Å². The largest absolute Gasteiger partial charge is 0.272 e. The summed E-state index contributed by atoms with van der Waals surface area (Å²) < 4.78 is 26.0. The minimum atomic E-state index is -3.13. The number of nitrogens with one attached hydrogen (secondary N) is 1. The lowest BCUT2D eigenvalue weighted by Crippen LogP contribution is -2.21. The van der Waals surface area contributed by atoms with Crippen LogP contribution in [0.5, 0.6) is 0 Å². The van der Waals surface area contributed by atoms with Crippen LogP contribution in [-0.2, 0) is 23.6 Å². The highest BCUT2D eigenvalue weighted by atomic mass is 32.2. The lowest BCUT2D eigenvalue weighted by Gasteiger charge is -2.02. The van der Waals surface area contributed by atoms with Gasteiger partial charge in [-0.05, 0) is 13.8 Å². The molecule has 6 heteroatoms. The Labute approximate surface area is 84.2 Å². The maximum Gasteiger partial charge on any atom is 0.209 e. The van der Waals surface area contributed by atoms with Crippen molar-refractivity contribution in [1.29, 1.82) is 0 Å². The molecule has 0 saturated carbocycles. The maximum absolute atomic E-state index is 10.9. The van der Waals surface area contributed by atoms with Gasteiger partial charge in [0.25, 0.3) is 0 Å². The predicted octanol–water partition coefficient (Wildman–Crippen LogP) is 0.0861. The monoisotopic (exact) mass is 217 g/mol. The molecule has 0 aliphatic heterocycles. The Hall–Kier alpha value is -0.880. The quantitative estimate of drug-likeness (QED) is 0.780. The molecule has 5 nitrogen and oxygen atoms in total. The van der Waals surface area contributed by atoms with Crippen LogP contribution in [0.15, 0.2) is 0 Å². The summed E-state index contributed by atoms with van der Waals surface area (Å²) in [6, 6.07) is 0. The molecule has 0 aliphatic carbocycles. The molecule has 14 heavy (non-hydrogen) atoms. The van der Waals surface area contributed by atoms with Gasteiger partial charge in [0.15, 0.2) is 0 Å². The molecule has 0 bridgehead atoms. The fourth-order valence-electron chi connectivity index (χ4n) is 1.28. The minimum absolute atomic E-state index is 0.310. The van der Waals surface area contributed by atoms with Gasteiger partial charge in [0.2, 0.25) is 10.0 Å². The normalized spacial score (nSPS) is 12.0. The molecule has 1 rings (SSSR count). The molecular formula is C8H15N3O2S. The fourth-order valence-corrected chi connectivity index (χ4v) is 1.68. The van der Waals surface area contributed by atoms with Crippen molar-refractivity contribution < 1.29 is 8.42 Å². The summed E-state index contributed by atoms with van der Waals surface area (Å²) in [6.07, 6.45) is 1.15. The molecule has 0 radical (unpaired) electrons. The number of rotatable bonds is 3. The first kappa shape index (κ1) is 11.2. The second-order valence-electron chi connectivity index (χ2n) is 3.37. The van der Waals surface area contributed by atoms with Crippen molar-refractivity contribution in [2.24, 2.45) is 7.05 Å². The average Bonchev–Trinajstić information content (AvgIpc) is 2.23. The molecule has 0 aliphatic rings. The van der Waals surface area contributed by atoms with Gasteiger partial charge in [-0.25, -0.2) is 13.1 Å². The van der Waals surface area contributed by atoms with Crippen molar-refractivity contribution >= 4 is 10.0 Å². The molecule has 0 unspecified atom stereocenters. The Morgan fingerprint density at radius 2 is 2.00 bits per heavy atom. The highest BCUT2D eigenvalue weighted by Gasteiger charge is 2.10. The first-order valence-electron chi connectivity index (χ1n) is 4.25. The molecule has 1 aromatic heterocycles. The van der Waals surface area contributed by atoms with E-state index in [1.807, 2.05) is 20.9 Å². The molecule has 1 aromatic rings. The number of sulfonamides is 1. The van der Waals surface area contributed by atoms with Crippen molar-refractivity contribution in [1.82, 2.24) is 14.5 Å². The summed E-state index contributed by atoms with van der Waals surface area (Å²) >= 11 is 0. The molecule has 1 heterocycles. The minimum Gasteiger partial charge on any atom is -0.272 e. The van der Waals surface area contributed by atoms with Crippen molar-refractivity contribution in [3.05, 3.63) is 17.0 Å². The van der Waals surface area contributed by atoms with Crippen LogP contribution in [0.25, 0.3) is 0 Å². The molecule has 0 amide bonds. The maximum atomic E-state index is 10.9. The molecule has 1 N–H and O–H groups in total. The van der Waals surface area contributed by atoms with Gasteiger partial charge in [-0.1, -0.05) is 0 Å². The summed E-state index contributed by atoms with van der Waals surface area (Å²) in [6.45, 7) is 4.09. The zero-order valence-corrected chi connectivity index (χ0v) is 9.64. The average molecular weight is 217 g/mol. The molecule has 0 atom stereocenters. The third-order valence-corrected chi connectivity index (χ3v) is 2.84. The van der Waals surface area contributed by atoms with E-state index in [9.17, 15) is 8.42 Å². The van der Waals surface area contributed by atoms with Crippen molar-refractivity contribution in [2.45, 2.75) is 20.4 Å². The van der Waals surface area contributed by atoms with Gasteiger partial charge in [0, 0.05) is 24.8 Å². The van der Waals surface area contributed by atoms with Crippen molar-refractivity contribution in [3.63, 3.8) is 0 Å². The SMILES string of the molecule is Cc1nn(C)c(C)c1CNS(C)(=O)=O. The Morgan fingerprint density at radius 1 is 1.43 bits per heavy atom. The summed E-state index contributed by atoms with van der Waals surface area (Å²) in [5, 5.41) is 4.19. The van der Waals surface area contributed by atoms with Gasteiger partial charge in [-0.2, -0.15) is 5.10 Å². The molecule has 0 aromatic carbocycles. The number of hydrogen-bond donors (Lipinski definition) is 1. The van der Waals surface area contributed by atoms with E-state index in [4.69, 9.17) is 0 Å². The van der Waals surface area contributed by atoms with Crippen LogP contribution in [0.4, 0.5) is 0 Å². The van der Waals surface area contributed by atoms with Gasteiger partial charge in [0.1, 0.15) is 0 Å². The smallest absolute Gasteiger partial charge is 0.209 e. The first-order valence-corrected chi connectivity index (χ1v) is 6.14. The molecule has 0 spiro atoms. The van der Waals surface area contributed by atoms with Gasteiger partial charge in [-0.15, -0.1) is 0 Å². The highest BCUT2D eigenvalue weighted by Crippen LogP contribution is 2.11. The number of aromatic nitrogens is 2. The zero-order valence-electron chi connectivity index (χ0n) is 8.83. The zero-order chi connectivity index (χ0) is 10.9. The Morgan fingerprint density at radius 3 is 2.36 bits per heavy atom. The topological polar surface area (TPSA) is 64.0 Å². The van der Waals surface area contributed by atoms with Crippen molar-refractivity contribution in [2.75, 3.05) is 6.26 Å². The summed E-state index contributed by atoms with van der Waals surface area (Å²) in [5.74, 6) is 0. The van der Waals surface area contributed by atoms with Crippen LogP contribution in [0.1, 0.15) is 17.0 Å². The Bertz CT molecular complexity index is 434. The lowest BCUT2D eigenvalue weighted by atomic mass is 10.2. The summed E-state index contributed by atoms with van der Waals surface area (Å²) in [7, 11) is -1.29. The first-order chi connectivity index (χ1) is 6.31. The standard InChI is InChI=1S/C8H15N3O2S/c1-6-8(5-9-14(4,12)13)7(2)11(3)10-6/h9H,5H2,1-4H3. The van der Waals surface area contributed by atoms with Crippen LogP contribution in [0.2, 0.25) is 0 Å². The molecule has 0 fully saturated rings. The van der Waals surface area contributed by atoms with Crippen LogP contribution >= 0.6 is 0 Å². The van der Waals surface area contributed by atoms with E-state index >= 15 is 0 Å². The van der Waals surface area contributed by atoms with Gasteiger partial charge in [-0.3, -0.25) is 4.68 Å². The third kappa shape index (κ3) is 2.55. The Balaban J connectivity index is 2.87. The van der Waals surface area contributed by atoms with Crippen LogP contribution in [-0.4, -0.2) is 24.5 Å². The molecule has 80 valence electrons. The second kappa shape index (κ2) is 3.70. The number of hydrogen-bond acceptors (Lipinski definition) is 3. The molecule has 0 saturated heterocycles. The van der Waals surface area contributed by atoms with Crippen molar-refractivity contribution in [3.8, 4) is 0 Å². The van der Waals surface area contributed by atoms with E-state index in [1.165, 1.54) is 0 Å². The van der Waals surface area contributed by atoms with E-state index < -0.39 is 10.0 Å². The van der Waals surface area contributed by atoms with E-state index in [1.54, 1.807) is 4.68 Å². The lowest BCUT2D eigenvalue weighted by molar-refractivity contribution is 0.587. The Kier molecular flexibility index (Phi) is 2.96. The molecular weight excluding hydrogens is 202 g/mol. The fraction of sp³-hybridized carbons (Fsp3) is 0.625. The van der Waals surface area contributed by atoms with Gasteiger partial charge < -0.3 is 0 Å². The summed E-state index contributed by atoms with van der Waals surface area (Å²) in [4.78, 5) is 0. The van der Waals surface area contributed by atoms with Crippen LogP contribution in [0.3, 0.4) is 0 Å². The number of aryl methyl sites for hydroxylation is 2.